The molecule has 20 heavy (non-hydrogen) atoms. The molecule has 0 aliphatic rings. The zero-order chi connectivity index (χ0) is 15.0. The van der Waals surface area contributed by atoms with E-state index in [9.17, 15) is 0 Å². The van der Waals surface area contributed by atoms with Crippen molar-refractivity contribution in [3.05, 3.63) is 35.4 Å². The van der Waals surface area contributed by atoms with Gasteiger partial charge in [-0.2, -0.15) is 0 Å². The van der Waals surface area contributed by atoms with Crippen molar-refractivity contribution >= 4 is 8.32 Å². The molecule has 0 aromatic heterocycles. The number of hydrogen-bond donors (Lipinski definition) is 2. The Bertz CT molecular complexity index is 378. The minimum absolute atomic E-state index is 0.159. The number of benzene rings is 1. The molecule has 0 bridgehead atoms. The summed E-state index contributed by atoms with van der Waals surface area (Å²) in [5.74, 6) is 0. The van der Waals surface area contributed by atoms with Gasteiger partial charge in [0.2, 0.25) is 0 Å². The molecule has 0 saturated carbocycles. The Hall–Kier alpha value is -0.723. The van der Waals surface area contributed by atoms with Crippen molar-refractivity contribution in [2.75, 3.05) is 20.3 Å². The van der Waals surface area contributed by atoms with E-state index in [-0.39, 0.29) is 13.2 Å². The van der Waals surface area contributed by atoms with Crippen LogP contribution in [0.3, 0.4) is 0 Å². The number of rotatable bonds is 9. The number of aliphatic hydroxyl groups is 2. The molecule has 0 radical (unpaired) electrons. The van der Waals surface area contributed by atoms with E-state index >= 15 is 0 Å². The van der Waals surface area contributed by atoms with Gasteiger partial charge in [0, 0.05) is 7.11 Å². The molecule has 1 unspecified atom stereocenters. The number of aliphatic hydroxyl groups excluding tert-OH is 2. The first-order valence-corrected chi connectivity index (χ1v) is 10.1. The van der Waals surface area contributed by atoms with Crippen LogP contribution in [0.15, 0.2) is 24.3 Å². The second-order valence-electron chi connectivity index (χ2n) is 5.63. The van der Waals surface area contributed by atoms with Crippen molar-refractivity contribution in [3.63, 3.8) is 0 Å². The van der Waals surface area contributed by atoms with Gasteiger partial charge in [0.1, 0.15) is 6.10 Å². The van der Waals surface area contributed by atoms with E-state index in [1.54, 1.807) is 7.11 Å². The topological polar surface area (TPSA) is 58.9 Å². The minimum Gasteiger partial charge on any atom is -0.420 e. The zero-order valence-corrected chi connectivity index (χ0v) is 13.6. The lowest BCUT2D eigenvalue weighted by Gasteiger charge is -2.19. The van der Waals surface area contributed by atoms with Crippen LogP contribution < -0.4 is 0 Å². The lowest BCUT2D eigenvalue weighted by Crippen LogP contribution is -2.28. The Kier molecular flexibility index (Phi) is 7.40. The van der Waals surface area contributed by atoms with Crippen LogP contribution in [0.2, 0.25) is 19.1 Å². The minimum atomic E-state index is -1.49. The number of hydrogen-bond acceptors (Lipinski definition) is 4. The van der Waals surface area contributed by atoms with Crippen LogP contribution in [0.5, 0.6) is 0 Å². The van der Waals surface area contributed by atoms with E-state index < -0.39 is 14.4 Å². The van der Waals surface area contributed by atoms with Crippen LogP contribution in [0.1, 0.15) is 11.1 Å². The summed E-state index contributed by atoms with van der Waals surface area (Å²) in [7, 11) is 0.311. The summed E-state index contributed by atoms with van der Waals surface area (Å²) in [5.41, 5.74) is 2.38. The first-order valence-electron chi connectivity index (χ1n) is 6.96. The summed E-state index contributed by atoms with van der Waals surface area (Å²) >= 11 is 0. The predicted octanol–water partition coefficient (Wildman–Crippen LogP) is 1.95. The lowest BCUT2D eigenvalue weighted by molar-refractivity contribution is 0.0000223. The summed E-state index contributed by atoms with van der Waals surface area (Å²) in [5, 5.41) is 17.8. The summed E-state index contributed by atoms with van der Waals surface area (Å²) in [6, 6.07) is 9.43. The Morgan fingerprint density at radius 1 is 1.15 bits per heavy atom. The van der Waals surface area contributed by atoms with Crippen LogP contribution in [0.25, 0.3) is 0 Å². The summed E-state index contributed by atoms with van der Waals surface area (Å²) in [6.45, 7) is 4.79. The van der Waals surface area contributed by atoms with Gasteiger partial charge in [0.15, 0.2) is 8.32 Å². The molecule has 0 saturated heterocycles. The van der Waals surface area contributed by atoms with E-state index in [2.05, 4.69) is 25.2 Å². The van der Waals surface area contributed by atoms with Crippen LogP contribution in [-0.4, -0.2) is 45.0 Å². The first kappa shape index (κ1) is 17.3. The van der Waals surface area contributed by atoms with Crippen molar-refractivity contribution in [2.45, 2.75) is 38.3 Å². The standard InChI is InChI=1S/C15H26O4Si/c1-18-20(2,3)9-8-13-4-6-14(7-5-13)11-19-12-15(17)10-16/h4-7,15-17H,8-12H2,1-3H3. The first-order chi connectivity index (χ1) is 9.46. The van der Waals surface area contributed by atoms with Gasteiger partial charge in [-0.15, -0.1) is 0 Å². The van der Waals surface area contributed by atoms with Gasteiger partial charge in [-0.3, -0.25) is 0 Å². The number of aryl methyl sites for hydroxylation is 1. The fourth-order valence-corrected chi connectivity index (χ4v) is 2.81. The SMILES string of the molecule is CO[Si](C)(C)CCc1ccc(COCC(O)CO)cc1. The zero-order valence-electron chi connectivity index (χ0n) is 12.6. The summed E-state index contributed by atoms with van der Waals surface area (Å²) < 4.78 is 10.9. The maximum Gasteiger partial charge on any atom is 0.186 e. The van der Waals surface area contributed by atoms with Gasteiger partial charge in [0.25, 0.3) is 0 Å². The van der Waals surface area contributed by atoms with Crippen molar-refractivity contribution in [2.24, 2.45) is 0 Å². The molecule has 1 aromatic rings. The van der Waals surface area contributed by atoms with Gasteiger partial charge in [0.05, 0.1) is 19.8 Å². The molecule has 1 rings (SSSR count). The molecule has 1 atom stereocenters. The molecular formula is C15H26O4Si. The van der Waals surface area contributed by atoms with E-state index in [4.69, 9.17) is 19.4 Å². The van der Waals surface area contributed by atoms with Crippen LogP contribution in [0.4, 0.5) is 0 Å². The average Bonchev–Trinajstić information content (AvgIpc) is 2.46. The van der Waals surface area contributed by atoms with Gasteiger partial charge >= 0.3 is 0 Å². The summed E-state index contributed by atoms with van der Waals surface area (Å²) in [4.78, 5) is 0. The molecule has 0 heterocycles. The van der Waals surface area contributed by atoms with Crippen LogP contribution in [0, 0.1) is 0 Å². The molecule has 0 spiro atoms. The van der Waals surface area contributed by atoms with Gasteiger partial charge in [-0.1, -0.05) is 24.3 Å². The highest BCUT2D eigenvalue weighted by Crippen LogP contribution is 2.15. The van der Waals surface area contributed by atoms with E-state index in [1.165, 1.54) is 5.56 Å². The largest absolute Gasteiger partial charge is 0.420 e. The molecule has 5 heteroatoms. The molecule has 0 fully saturated rings. The van der Waals surface area contributed by atoms with Crippen molar-refractivity contribution in [1.82, 2.24) is 0 Å². The third-order valence-electron chi connectivity index (χ3n) is 3.38. The fourth-order valence-electron chi connectivity index (χ4n) is 1.72. The summed E-state index contributed by atoms with van der Waals surface area (Å²) in [6.07, 6.45) is 0.243. The molecule has 0 aliphatic carbocycles. The van der Waals surface area contributed by atoms with Gasteiger partial charge in [-0.05, 0) is 36.7 Å². The highest BCUT2D eigenvalue weighted by atomic mass is 28.4. The van der Waals surface area contributed by atoms with Crippen molar-refractivity contribution in [3.8, 4) is 0 Å². The van der Waals surface area contributed by atoms with Crippen LogP contribution in [-0.2, 0) is 22.2 Å². The van der Waals surface area contributed by atoms with Gasteiger partial charge in [-0.25, -0.2) is 0 Å². The Balaban J connectivity index is 2.36. The fraction of sp³-hybridized carbons (Fsp3) is 0.600. The van der Waals surface area contributed by atoms with E-state index in [1.807, 2.05) is 12.1 Å². The van der Waals surface area contributed by atoms with E-state index in [0.29, 0.717) is 6.61 Å². The number of ether oxygens (including phenoxy) is 1. The predicted molar refractivity (Wildman–Crippen MR) is 82.2 cm³/mol. The normalized spacial score (nSPS) is 13.4. The highest BCUT2D eigenvalue weighted by Gasteiger charge is 2.19. The monoisotopic (exact) mass is 298 g/mol. The molecule has 0 aliphatic heterocycles. The third-order valence-corrected chi connectivity index (χ3v) is 5.94. The van der Waals surface area contributed by atoms with E-state index in [0.717, 1.165) is 18.0 Å². The molecule has 114 valence electrons. The second kappa shape index (κ2) is 8.54. The molecular weight excluding hydrogens is 272 g/mol. The highest BCUT2D eigenvalue weighted by molar-refractivity contribution is 6.71. The maximum absolute atomic E-state index is 9.17. The lowest BCUT2D eigenvalue weighted by atomic mass is 10.1. The molecule has 1 aromatic carbocycles. The maximum atomic E-state index is 9.17. The Morgan fingerprint density at radius 2 is 1.75 bits per heavy atom. The van der Waals surface area contributed by atoms with Crippen molar-refractivity contribution < 1.29 is 19.4 Å². The van der Waals surface area contributed by atoms with Crippen molar-refractivity contribution in [1.29, 1.82) is 0 Å². The molecule has 2 N–H and O–H groups in total. The Labute approximate surface area is 122 Å². The molecule has 4 nitrogen and oxygen atoms in total. The second-order valence-corrected chi connectivity index (χ2v) is 10.1. The quantitative estimate of drug-likeness (QED) is 0.684. The third kappa shape index (κ3) is 6.63. The van der Waals surface area contributed by atoms with Crippen LogP contribution >= 0.6 is 0 Å². The van der Waals surface area contributed by atoms with Gasteiger partial charge < -0.3 is 19.4 Å². The average molecular weight is 298 g/mol. The Morgan fingerprint density at radius 3 is 2.30 bits per heavy atom. The smallest absolute Gasteiger partial charge is 0.186 e. The molecule has 0 amide bonds.